The molecule has 0 aliphatic heterocycles. The Bertz CT molecular complexity index is 258. The van der Waals surface area contributed by atoms with Crippen molar-refractivity contribution < 1.29 is 8.42 Å². The molecule has 0 aromatic heterocycles. The molecule has 0 saturated carbocycles. The lowest BCUT2D eigenvalue weighted by molar-refractivity contribution is 0.346. The molecule has 0 aromatic rings. The molecule has 0 radical (unpaired) electrons. The lowest BCUT2D eigenvalue weighted by atomic mass is 10.3. The molecular weight excluding hydrogens is 210 g/mol. The summed E-state index contributed by atoms with van der Waals surface area (Å²) in [5.74, 6) is 0.451. The highest BCUT2D eigenvalue weighted by Gasteiger charge is 2.24. The molecule has 92 valence electrons. The number of hydrogen-bond acceptors (Lipinski definition) is 2. The van der Waals surface area contributed by atoms with Gasteiger partial charge in [-0.3, -0.25) is 0 Å². The Balaban J connectivity index is 4.60. The number of nitrogens with zero attached hydrogens (tertiary/aromatic N) is 1. The second kappa shape index (κ2) is 6.48. The van der Waals surface area contributed by atoms with E-state index in [1.165, 1.54) is 0 Å². The summed E-state index contributed by atoms with van der Waals surface area (Å²) in [6, 6.07) is 0.0697. The average Bonchev–Trinajstić information content (AvgIpc) is 2.00. The van der Waals surface area contributed by atoms with Gasteiger partial charge in [-0.25, -0.2) is 8.42 Å². The molecule has 0 saturated heterocycles. The highest BCUT2D eigenvalue weighted by Crippen LogP contribution is 2.12. The van der Waals surface area contributed by atoms with E-state index in [1.54, 1.807) is 4.31 Å². The van der Waals surface area contributed by atoms with Crippen molar-refractivity contribution in [2.45, 2.75) is 53.5 Å². The number of hydrogen-bond donors (Lipinski definition) is 0. The third-order valence-electron chi connectivity index (χ3n) is 2.21. The Morgan fingerprint density at radius 3 is 2.00 bits per heavy atom. The fourth-order valence-corrected chi connectivity index (χ4v) is 3.63. The normalized spacial score (nSPS) is 13.1. The molecule has 15 heavy (non-hydrogen) atoms. The van der Waals surface area contributed by atoms with Crippen molar-refractivity contribution in [1.82, 2.24) is 4.31 Å². The third kappa shape index (κ3) is 5.52. The van der Waals surface area contributed by atoms with Crippen LogP contribution in [0.4, 0.5) is 0 Å². The van der Waals surface area contributed by atoms with E-state index in [4.69, 9.17) is 0 Å². The molecule has 0 N–H and O–H groups in total. The molecule has 0 unspecified atom stereocenters. The van der Waals surface area contributed by atoms with Crippen molar-refractivity contribution in [3.05, 3.63) is 0 Å². The zero-order valence-corrected chi connectivity index (χ0v) is 11.5. The van der Waals surface area contributed by atoms with E-state index in [0.717, 1.165) is 12.8 Å². The first kappa shape index (κ1) is 14.9. The summed E-state index contributed by atoms with van der Waals surface area (Å²) in [4.78, 5) is 0. The van der Waals surface area contributed by atoms with E-state index in [0.29, 0.717) is 6.54 Å². The maximum absolute atomic E-state index is 12.0. The van der Waals surface area contributed by atoms with Crippen LogP contribution in [0.3, 0.4) is 0 Å². The predicted octanol–water partition coefficient (Wildman–Crippen LogP) is 2.48. The van der Waals surface area contributed by atoms with E-state index in [-0.39, 0.29) is 17.7 Å². The molecule has 0 bridgehead atoms. The molecule has 0 fully saturated rings. The number of sulfonamides is 1. The van der Waals surface area contributed by atoms with Gasteiger partial charge in [0.15, 0.2) is 0 Å². The Kier molecular flexibility index (Phi) is 6.44. The molecule has 0 spiro atoms. The van der Waals surface area contributed by atoms with Crippen LogP contribution < -0.4 is 0 Å². The molecule has 3 nitrogen and oxygen atoms in total. The number of unbranched alkanes of at least 4 members (excludes halogenated alkanes) is 1. The second-order valence-corrected chi connectivity index (χ2v) is 6.70. The molecule has 0 rings (SSSR count). The molecule has 0 heterocycles. The van der Waals surface area contributed by atoms with Gasteiger partial charge in [-0.05, 0) is 26.2 Å². The van der Waals surface area contributed by atoms with Gasteiger partial charge in [0, 0.05) is 12.6 Å². The lowest BCUT2D eigenvalue weighted by Crippen LogP contribution is -2.40. The third-order valence-corrected chi connectivity index (χ3v) is 4.62. The van der Waals surface area contributed by atoms with Crippen molar-refractivity contribution in [1.29, 1.82) is 0 Å². The molecule has 0 aliphatic rings. The maximum atomic E-state index is 12.0. The van der Waals surface area contributed by atoms with Gasteiger partial charge >= 0.3 is 0 Å². The van der Waals surface area contributed by atoms with E-state index >= 15 is 0 Å². The van der Waals surface area contributed by atoms with E-state index in [9.17, 15) is 8.42 Å². The van der Waals surface area contributed by atoms with Crippen LogP contribution in [-0.2, 0) is 10.0 Å². The van der Waals surface area contributed by atoms with E-state index in [1.807, 2.05) is 27.7 Å². The quantitative estimate of drug-likeness (QED) is 0.680. The van der Waals surface area contributed by atoms with Crippen LogP contribution in [0.1, 0.15) is 47.5 Å². The predicted molar refractivity (Wildman–Crippen MR) is 65.4 cm³/mol. The molecule has 4 heteroatoms. The van der Waals surface area contributed by atoms with Crippen molar-refractivity contribution in [3.63, 3.8) is 0 Å². The Morgan fingerprint density at radius 2 is 1.67 bits per heavy atom. The van der Waals surface area contributed by atoms with Crippen molar-refractivity contribution >= 4 is 10.0 Å². The average molecular weight is 235 g/mol. The largest absolute Gasteiger partial charge is 0.214 e. The molecule has 0 aliphatic carbocycles. The topological polar surface area (TPSA) is 37.4 Å². The van der Waals surface area contributed by atoms with Crippen LogP contribution in [-0.4, -0.2) is 31.1 Å². The van der Waals surface area contributed by atoms with Gasteiger partial charge in [-0.1, -0.05) is 27.2 Å². The van der Waals surface area contributed by atoms with Gasteiger partial charge in [-0.2, -0.15) is 4.31 Å². The minimum Gasteiger partial charge on any atom is -0.212 e. The second-order valence-electron chi connectivity index (χ2n) is 4.73. The zero-order chi connectivity index (χ0) is 12.1. The maximum Gasteiger partial charge on any atom is 0.214 e. The van der Waals surface area contributed by atoms with Gasteiger partial charge in [0.1, 0.15) is 0 Å². The lowest BCUT2D eigenvalue weighted by Gasteiger charge is -2.26. The highest BCUT2D eigenvalue weighted by molar-refractivity contribution is 7.89. The number of rotatable bonds is 7. The Labute approximate surface area is 94.9 Å². The molecule has 0 aromatic carbocycles. The fourth-order valence-electron chi connectivity index (χ4n) is 1.55. The summed E-state index contributed by atoms with van der Waals surface area (Å²) in [6.07, 6.45) is 1.97. The van der Waals surface area contributed by atoms with Crippen LogP contribution in [0.5, 0.6) is 0 Å². The van der Waals surface area contributed by atoms with E-state index < -0.39 is 10.0 Å². The van der Waals surface area contributed by atoms with Crippen LogP contribution in [0.15, 0.2) is 0 Å². The standard InChI is InChI=1S/C11H25NO2S/c1-6-7-8-12(11(4)5)15(13,14)9-10(2)3/h10-11H,6-9H2,1-5H3. The van der Waals surface area contributed by atoms with Crippen LogP contribution >= 0.6 is 0 Å². The van der Waals surface area contributed by atoms with Gasteiger partial charge in [0.2, 0.25) is 10.0 Å². The highest BCUT2D eigenvalue weighted by atomic mass is 32.2. The molecule has 0 atom stereocenters. The summed E-state index contributed by atoms with van der Waals surface area (Å²) in [5.41, 5.74) is 0. The van der Waals surface area contributed by atoms with Crippen LogP contribution in [0.2, 0.25) is 0 Å². The van der Waals surface area contributed by atoms with Gasteiger partial charge in [0.25, 0.3) is 0 Å². The van der Waals surface area contributed by atoms with E-state index in [2.05, 4.69) is 6.92 Å². The first-order valence-corrected chi connectivity index (χ1v) is 7.41. The monoisotopic (exact) mass is 235 g/mol. The van der Waals surface area contributed by atoms with Crippen molar-refractivity contribution in [3.8, 4) is 0 Å². The SMILES string of the molecule is CCCCN(C(C)C)S(=O)(=O)CC(C)C. The Morgan fingerprint density at radius 1 is 1.13 bits per heavy atom. The van der Waals surface area contributed by atoms with Crippen LogP contribution in [0.25, 0.3) is 0 Å². The fraction of sp³-hybridized carbons (Fsp3) is 1.00. The van der Waals surface area contributed by atoms with Crippen molar-refractivity contribution in [2.75, 3.05) is 12.3 Å². The summed E-state index contributed by atoms with van der Waals surface area (Å²) in [5, 5.41) is 0. The minimum atomic E-state index is -3.06. The summed E-state index contributed by atoms with van der Waals surface area (Å²) < 4.78 is 25.7. The summed E-state index contributed by atoms with van der Waals surface area (Å²) in [7, 11) is -3.06. The summed E-state index contributed by atoms with van der Waals surface area (Å²) in [6.45, 7) is 10.5. The molecule has 0 amide bonds. The van der Waals surface area contributed by atoms with Gasteiger partial charge in [0.05, 0.1) is 5.75 Å². The first-order chi connectivity index (χ1) is 6.81. The first-order valence-electron chi connectivity index (χ1n) is 5.80. The van der Waals surface area contributed by atoms with Crippen molar-refractivity contribution in [2.24, 2.45) is 5.92 Å². The molecular formula is C11H25NO2S. The van der Waals surface area contributed by atoms with Gasteiger partial charge < -0.3 is 0 Å². The Hall–Kier alpha value is -0.0900. The minimum absolute atomic E-state index is 0.0697. The smallest absolute Gasteiger partial charge is 0.212 e. The van der Waals surface area contributed by atoms with Crippen LogP contribution in [0, 0.1) is 5.92 Å². The summed E-state index contributed by atoms with van der Waals surface area (Å²) >= 11 is 0. The zero-order valence-electron chi connectivity index (χ0n) is 10.7. The van der Waals surface area contributed by atoms with Gasteiger partial charge in [-0.15, -0.1) is 0 Å².